The molecule has 7 nitrogen and oxygen atoms in total. The van der Waals surface area contributed by atoms with Crippen LogP contribution in [0.25, 0.3) is 5.76 Å². The molecule has 0 aliphatic carbocycles. The van der Waals surface area contributed by atoms with E-state index in [1.807, 2.05) is 31.1 Å². The van der Waals surface area contributed by atoms with E-state index in [2.05, 4.69) is 0 Å². The Morgan fingerprint density at radius 1 is 1.06 bits per heavy atom. The summed E-state index contributed by atoms with van der Waals surface area (Å²) >= 11 is 12.5. The average Bonchev–Trinajstić information content (AvgIpc) is 3.34. The maximum atomic E-state index is 13.2. The van der Waals surface area contributed by atoms with Crippen molar-refractivity contribution in [2.24, 2.45) is 0 Å². The molecule has 3 aromatic rings. The van der Waals surface area contributed by atoms with Crippen molar-refractivity contribution < 1.29 is 23.8 Å². The van der Waals surface area contributed by atoms with E-state index in [-0.39, 0.29) is 26.9 Å². The molecule has 1 unspecified atom stereocenters. The van der Waals surface area contributed by atoms with Crippen LogP contribution in [0.3, 0.4) is 0 Å². The predicted octanol–water partition coefficient (Wildman–Crippen LogP) is 5.60. The molecular formula is C25H22Cl2N2O5. The van der Waals surface area contributed by atoms with Gasteiger partial charge < -0.3 is 19.2 Å². The van der Waals surface area contributed by atoms with E-state index >= 15 is 0 Å². The quantitative estimate of drug-likeness (QED) is 0.279. The molecule has 0 spiro atoms. The highest BCUT2D eigenvalue weighted by atomic mass is 35.5. The van der Waals surface area contributed by atoms with Crippen LogP contribution in [0.1, 0.15) is 23.1 Å². The number of aryl methyl sites for hydroxylation is 1. The number of hydrogen-bond donors (Lipinski definition) is 1. The van der Waals surface area contributed by atoms with Crippen LogP contribution in [0, 0.1) is 6.92 Å². The smallest absolute Gasteiger partial charge is 0.300 e. The normalized spacial score (nSPS) is 17.4. The van der Waals surface area contributed by atoms with E-state index in [0.717, 1.165) is 5.69 Å². The molecule has 176 valence electrons. The van der Waals surface area contributed by atoms with E-state index in [9.17, 15) is 14.7 Å². The second kappa shape index (κ2) is 9.08. The van der Waals surface area contributed by atoms with Crippen LogP contribution in [-0.2, 0) is 9.59 Å². The molecule has 1 fully saturated rings. The maximum absolute atomic E-state index is 13.2. The van der Waals surface area contributed by atoms with Crippen molar-refractivity contribution >= 4 is 52.0 Å². The second-order valence-corrected chi connectivity index (χ2v) is 8.82. The van der Waals surface area contributed by atoms with Gasteiger partial charge in [0.25, 0.3) is 11.7 Å². The minimum absolute atomic E-state index is 0.131. The molecule has 0 radical (unpaired) electrons. The summed E-state index contributed by atoms with van der Waals surface area (Å²) in [6, 6.07) is 12.4. The zero-order valence-corrected chi connectivity index (χ0v) is 20.4. The van der Waals surface area contributed by atoms with Crippen LogP contribution < -0.4 is 14.5 Å². The zero-order chi connectivity index (χ0) is 24.7. The number of furan rings is 1. The first-order valence-electron chi connectivity index (χ1n) is 10.3. The monoisotopic (exact) mass is 500 g/mol. The number of methoxy groups -OCH3 is 1. The number of nitrogens with zero attached hydrogens (tertiary/aromatic N) is 2. The summed E-state index contributed by atoms with van der Waals surface area (Å²) in [7, 11) is 5.22. The highest BCUT2D eigenvalue weighted by molar-refractivity contribution is 6.51. The number of aliphatic hydroxyl groups excluding tert-OH is 1. The van der Waals surface area contributed by atoms with Crippen LogP contribution in [0.2, 0.25) is 10.0 Å². The first kappa shape index (κ1) is 23.7. The highest BCUT2D eigenvalue weighted by Crippen LogP contribution is 2.44. The summed E-state index contributed by atoms with van der Waals surface area (Å²) < 4.78 is 11.0. The molecule has 1 N–H and O–H groups in total. The summed E-state index contributed by atoms with van der Waals surface area (Å²) in [5, 5.41) is 11.5. The molecule has 1 amide bonds. The van der Waals surface area contributed by atoms with Crippen molar-refractivity contribution in [3.63, 3.8) is 0 Å². The number of ketones is 1. The van der Waals surface area contributed by atoms with Gasteiger partial charge in [-0.05, 0) is 55.5 Å². The molecule has 0 saturated carbocycles. The second-order valence-electron chi connectivity index (χ2n) is 8.00. The lowest BCUT2D eigenvalue weighted by molar-refractivity contribution is -0.132. The molecule has 2 heterocycles. The topological polar surface area (TPSA) is 83.2 Å². The van der Waals surface area contributed by atoms with Gasteiger partial charge in [0, 0.05) is 31.0 Å². The fourth-order valence-corrected chi connectivity index (χ4v) is 4.57. The first-order chi connectivity index (χ1) is 16.1. The number of amides is 1. The summed E-state index contributed by atoms with van der Waals surface area (Å²) in [5.74, 6) is -0.893. The number of Topliss-reactive ketones (excluding diaryl/α,β-unsaturated/α-hetero) is 1. The molecule has 1 aromatic heterocycles. The number of anilines is 2. The zero-order valence-electron chi connectivity index (χ0n) is 18.9. The Balaban J connectivity index is 1.91. The van der Waals surface area contributed by atoms with Gasteiger partial charge in [-0.1, -0.05) is 23.2 Å². The predicted molar refractivity (Wildman–Crippen MR) is 132 cm³/mol. The summed E-state index contributed by atoms with van der Waals surface area (Å²) in [4.78, 5) is 29.7. The van der Waals surface area contributed by atoms with Crippen molar-refractivity contribution in [1.82, 2.24) is 0 Å². The van der Waals surface area contributed by atoms with Gasteiger partial charge in [0.05, 0.1) is 22.7 Å². The van der Waals surface area contributed by atoms with Gasteiger partial charge in [0.15, 0.2) is 5.75 Å². The van der Waals surface area contributed by atoms with Gasteiger partial charge in [-0.25, -0.2) is 0 Å². The van der Waals surface area contributed by atoms with Gasteiger partial charge in [-0.3, -0.25) is 14.5 Å². The first-order valence-corrected chi connectivity index (χ1v) is 11.1. The number of carbonyl (C=O) groups excluding carboxylic acids is 2. The number of hydrogen-bond acceptors (Lipinski definition) is 6. The van der Waals surface area contributed by atoms with Crippen molar-refractivity contribution in [3.8, 4) is 5.75 Å². The molecule has 1 saturated heterocycles. The Kier molecular flexibility index (Phi) is 6.34. The molecule has 1 aliphatic rings. The number of ether oxygens (including phenoxy) is 1. The van der Waals surface area contributed by atoms with Crippen molar-refractivity contribution in [3.05, 3.63) is 81.2 Å². The standard InChI is InChI=1S/C25H22Cl2N2O5/c1-13-5-10-19(34-13)21-20(22(30)14-11-17(26)24(33-4)18(27)12-14)23(31)25(32)29(21)16-8-6-15(7-9-16)28(2)3/h5-12,21,30H,1-4H3/b22-20-. The molecule has 34 heavy (non-hydrogen) atoms. The number of carbonyl (C=O) groups is 2. The molecule has 0 bridgehead atoms. The fourth-order valence-electron chi connectivity index (χ4n) is 3.93. The van der Waals surface area contributed by atoms with Crippen LogP contribution in [0.4, 0.5) is 11.4 Å². The number of rotatable bonds is 5. The van der Waals surface area contributed by atoms with E-state index in [1.165, 1.54) is 24.1 Å². The fraction of sp³-hybridized carbons (Fsp3) is 0.200. The summed E-state index contributed by atoms with van der Waals surface area (Å²) in [6.45, 7) is 1.75. The molecule has 1 aliphatic heterocycles. The number of aliphatic hydroxyl groups is 1. The van der Waals surface area contributed by atoms with Gasteiger partial charge in [-0.15, -0.1) is 0 Å². The Labute approximate surface area is 206 Å². The Morgan fingerprint density at radius 2 is 1.68 bits per heavy atom. The maximum Gasteiger partial charge on any atom is 0.300 e. The van der Waals surface area contributed by atoms with Crippen LogP contribution >= 0.6 is 23.2 Å². The van der Waals surface area contributed by atoms with Crippen LogP contribution in [0.5, 0.6) is 5.75 Å². The van der Waals surface area contributed by atoms with E-state index in [0.29, 0.717) is 17.2 Å². The Hall–Kier alpha value is -3.42. The molecular weight excluding hydrogens is 479 g/mol. The third kappa shape index (κ3) is 4.02. The van der Waals surface area contributed by atoms with Gasteiger partial charge in [0.2, 0.25) is 0 Å². The Bertz CT molecular complexity index is 1290. The van der Waals surface area contributed by atoms with Crippen LogP contribution in [-0.4, -0.2) is 38.0 Å². The summed E-state index contributed by atoms with van der Waals surface area (Å²) in [5.41, 5.74) is 1.45. The van der Waals surface area contributed by atoms with Gasteiger partial charge >= 0.3 is 0 Å². The Morgan fingerprint density at radius 3 is 2.18 bits per heavy atom. The lowest BCUT2D eigenvalue weighted by Gasteiger charge is -2.24. The lowest BCUT2D eigenvalue weighted by atomic mass is 9.99. The minimum atomic E-state index is -0.987. The van der Waals surface area contributed by atoms with E-state index in [4.69, 9.17) is 32.4 Å². The lowest BCUT2D eigenvalue weighted by Crippen LogP contribution is -2.29. The molecule has 4 rings (SSSR count). The third-order valence-corrected chi connectivity index (χ3v) is 6.16. The highest BCUT2D eigenvalue weighted by Gasteiger charge is 2.48. The van der Waals surface area contributed by atoms with E-state index in [1.54, 1.807) is 31.2 Å². The number of benzene rings is 2. The minimum Gasteiger partial charge on any atom is -0.507 e. The molecule has 1 atom stereocenters. The molecule has 9 heteroatoms. The van der Waals surface area contributed by atoms with Crippen LogP contribution in [0.15, 0.2) is 58.5 Å². The van der Waals surface area contributed by atoms with Crippen molar-refractivity contribution in [2.75, 3.05) is 31.0 Å². The SMILES string of the molecule is COc1c(Cl)cc(/C(O)=C2/C(=O)C(=O)N(c3ccc(N(C)C)cc3)C2c2ccc(C)o2)cc1Cl. The molecule has 2 aromatic carbocycles. The van der Waals surface area contributed by atoms with E-state index < -0.39 is 23.5 Å². The average molecular weight is 501 g/mol. The number of halogens is 2. The van der Waals surface area contributed by atoms with Crippen molar-refractivity contribution in [1.29, 1.82) is 0 Å². The van der Waals surface area contributed by atoms with Crippen molar-refractivity contribution in [2.45, 2.75) is 13.0 Å². The summed E-state index contributed by atoms with van der Waals surface area (Å²) in [6.07, 6.45) is 0. The largest absolute Gasteiger partial charge is 0.507 e. The van der Waals surface area contributed by atoms with Gasteiger partial charge in [-0.2, -0.15) is 0 Å². The third-order valence-electron chi connectivity index (χ3n) is 5.60. The van der Waals surface area contributed by atoms with Gasteiger partial charge in [0.1, 0.15) is 23.3 Å².